The molecule has 0 radical (unpaired) electrons. The molecular formula is C14H13NO2. The van der Waals surface area contributed by atoms with E-state index in [0.717, 1.165) is 22.3 Å². The number of benzene rings is 1. The lowest BCUT2D eigenvalue weighted by Gasteiger charge is -2.23. The molecule has 0 fully saturated rings. The normalized spacial score (nSPS) is 18.8. The minimum Gasteiger partial charge on any atom is -0.386 e. The van der Waals surface area contributed by atoms with Crippen molar-refractivity contribution >= 4 is 0 Å². The van der Waals surface area contributed by atoms with Crippen LogP contribution in [0, 0.1) is 0 Å². The van der Waals surface area contributed by atoms with Crippen LogP contribution in [0.4, 0.5) is 0 Å². The van der Waals surface area contributed by atoms with E-state index in [1.807, 2.05) is 36.5 Å². The van der Waals surface area contributed by atoms with Gasteiger partial charge >= 0.3 is 0 Å². The third-order valence-corrected chi connectivity index (χ3v) is 3.06. The van der Waals surface area contributed by atoms with Crippen molar-refractivity contribution in [3.8, 4) is 11.1 Å². The van der Waals surface area contributed by atoms with E-state index in [4.69, 9.17) is 4.74 Å². The van der Waals surface area contributed by atoms with Gasteiger partial charge in [-0.05, 0) is 11.1 Å². The molecule has 2 heterocycles. The summed E-state index contributed by atoms with van der Waals surface area (Å²) in [5, 5.41) is 9.87. The number of rotatable bonds is 1. The molecule has 3 rings (SSSR count). The second kappa shape index (κ2) is 4.28. The van der Waals surface area contributed by atoms with E-state index in [2.05, 4.69) is 4.98 Å². The highest BCUT2D eigenvalue weighted by Gasteiger charge is 2.21. The van der Waals surface area contributed by atoms with Gasteiger partial charge in [-0.15, -0.1) is 0 Å². The van der Waals surface area contributed by atoms with E-state index in [1.165, 1.54) is 0 Å². The quantitative estimate of drug-likeness (QED) is 0.813. The zero-order valence-electron chi connectivity index (χ0n) is 9.34. The first-order chi connectivity index (χ1) is 8.36. The van der Waals surface area contributed by atoms with Gasteiger partial charge in [-0.1, -0.05) is 30.3 Å². The molecule has 2 aromatic rings. The molecule has 1 aromatic carbocycles. The summed E-state index contributed by atoms with van der Waals surface area (Å²) in [6.07, 6.45) is 3.00. The van der Waals surface area contributed by atoms with Gasteiger partial charge in [0, 0.05) is 23.5 Å². The van der Waals surface area contributed by atoms with E-state index >= 15 is 0 Å². The van der Waals surface area contributed by atoms with Crippen molar-refractivity contribution in [3.63, 3.8) is 0 Å². The molecule has 86 valence electrons. The van der Waals surface area contributed by atoms with Gasteiger partial charge in [0.15, 0.2) is 0 Å². The Morgan fingerprint density at radius 3 is 2.82 bits per heavy atom. The van der Waals surface area contributed by atoms with Crippen LogP contribution in [-0.2, 0) is 11.3 Å². The Kier molecular flexibility index (Phi) is 2.63. The number of aliphatic hydroxyl groups excluding tert-OH is 1. The van der Waals surface area contributed by atoms with Crippen LogP contribution in [0.2, 0.25) is 0 Å². The van der Waals surface area contributed by atoms with Crippen LogP contribution < -0.4 is 0 Å². The summed E-state index contributed by atoms with van der Waals surface area (Å²) in [5.74, 6) is 0. The Morgan fingerprint density at radius 2 is 2.00 bits per heavy atom. The summed E-state index contributed by atoms with van der Waals surface area (Å²) in [6.45, 7) is 0.895. The smallest absolute Gasteiger partial charge is 0.104 e. The number of ether oxygens (including phenoxy) is 1. The molecule has 0 bridgehead atoms. The van der Waals surface area contributed by atoms with Crippen molar-refractivity contribution in [2.75, 3.05) is 6.61 Å². The standard InChI is InChI=1S/C14H13NO2/c16-14-9-17-8-13-11(6-15-7-12(13)14)10-4-2-1-3-5-10/h1-7,14,16H,8-9H2. The molecule has 1 N–H and O–H groups in total. The van der Waals surface area contributed by atoms with Crippen LogP contribution in [0.3, 0.4) is 0 Å². The first kappa shape index (κ1) is 10.4. The maximum atomic E-state index is 9.87. The predicted octanol–water partition coefficient (Wildman–Crippen LogP) is 2.31. The second-order valence-electron chi connectivity index (χ2n) is 4.15. The minimum absolute atomic E-state index is 0.354. The van der Waals surface area contributed by atoms with Crippen LogP contribution in [0.5, 0.6) is 0 Å². The van der Waals surface area contributed by atoms with Gasteiger partial charge < -0.3 is 9.84 Å². The Balaban J connectivity index is 2.16. The molecule has 1 aromatic heterocycles. The molecule has 3 nitrogen and oxygen atoms in total. The largest absolute Gasteiger partial charge is 0.386 e. The molecule has 0 saturated heterocycles. The summed E-state index contributed by atoms with van der Waals surface area (Å²) < 4.78 is 5.39. The molecular weight excluding hydrogens is 214 g/mol. The molecule has 0 aliphatic carbocycles. The van der Waals surface area contributed by atoms with Crippen LogP contribution in [0.15, 0.2) is 42.7 Å². The first-order valence-corrected chi connectivity index (χ1v) is 5.64. The zero-order chi connectivity index (χ0) is 11.7. The topological polar surface area (TPSA) is 42.4 Å². The maximum absolute atomic E-state index is 9.87. The highest BCUT2D eigenvalue weighted by molar-refractivity contribution is 5.67. The van der Waals surface area contributed by atoms with Gasteiger partial charge in [0.1, 0.15) is 6.10 Å². The molecule has 1 aliphatic heterocycles. The first-order valence-electron chi connectivity index (χ1n) is 5.64. The zero-order valence-corrected chi connectivity index (χ0v) is 9.34. The van der Waals surface area contributed by atoms with Crippen LogP contribution in [-0.4, -0.2) is 16.7 Å². The van der Waals surface area contributed by atoms with Crippen molar-refractivity contribution in [1.29, 1.82) is 0 Å². The SMILES string of the molecule is OC1COCc2c(-c3ccccc3)cncc21. The minimum atomic E-state index is -0.560. The molecule has 0 saturated carbocycles. The van der Waals surface area contributed by atoms with Gasteiger partial charge in [-0.2, -0.15) is 0 Å². The molecule has 1 atom stereocenters. The van der Waals surface area contributed by atoms with Gasteiger partial charge in [-0.25, -0.2) is 0 Å². The molecule has 0 spiro atoms. The van der Waals surface area contributed by atoms with E-state index in [9.17, 15) is 5.11 Å². The fraction of sp³-hybridized carbons (Fsp3) is 0.214. The average Bonchev–Trinajstić information content (AvgIpc) is 2.40. The fourth-order valence-electron chi connectivity index (χ4n) is 2.18. The summed E-state index contributed by atoms with van der Waals surface area (Å²) >= 11 is 0. The number of pyridine rings is 1. The van der Waals surface area contributed by atoms with Crippen molar-refractivity contribution in [2.24, 2.45) is 0 Å². The van der Waals surface area contributed by atoms with Crippen molar-refractivity contribution in [2.45, 2.75) is 12.7 Å². The van der Waals surface area contributed by atoms with E-state index in [1.54, 1.807) is 6.20 Å². The van der Waals surface area contributed by atoms with Gasteiger partial charge in [0.05, 0.1) is 13.2 Å². The number of nitrogens with zero attached hydrogens (tertiary/aromatic N) is 1. The van der Waals surface area contributed by atoms with Crippen molar-refractivity contribution in [1.82, 2.24) is 4.98 Å². The Morgan fingerprint density at radius 1 is 1.18 bits per heavy atom. The van der Waals surface area contributed by atoms with E-state index < -0.39 is 6.10 Å². The maximum Gasteiger partial charge on any atom is 0.104 e. The number of aromatic nitrogens is 1. The highest BCUT2D eigenvalue weighted by atomic mass is 16.5. The lowest BCUT2D eigenvalue weighted by atomic mass is 9.95. The lowest BCUT2D eigenvalue weighted by Crippen LogP contribution is -2.17. The van der Waals surface area contributed by atoms with E-state index in [0.29, 0.717) is 13.2 Å². The number of hydrogen-bond acceptors (Lipinski definition) is 3. The van der Waals surface area contributed by atoms with E-state index in [-0.39, 0.29) is 0 Å². The Labute approximate surface area is 99.7 Å². The third kappa shape index (κ3) is 1.84. The number of hydrogen-bond donors (Lipinski definition) is 1. The summed E-state index contributed by atoms with van der Waals surface area (Å²) in [5.41, 5.74) is 4.08. The third-order valence-electron chi connectivity index (χ3n) is 3.06. The van der Waals surface area contributed by atoms with Gasteiger partial charge in [0.25, 0.3) is 0 Å². The number of aliphatic hydroxyl groups is 1. The van der Waals surface area contributed by atoms with Gasteiger partial charge in [-0.3, -0.25) is 4.98 Å². The predicted molar refractivity (Wildman–Crippen MR) is 64.3 cm³/mol. The van der Waals surface area contributed by atoms with Crippen LogP contribution in [0.25, 0.3) is 11.1 Å². The summed E-state index contributed by atoms with van der Waals surface area (Å²) in [6, 6.07) is 10.1. The number of fused-ring (bicyclic) bond motifs is 1. The molecule has 0 amide bonds. The molecule has 17 heavy (non-hydrogen) atoms. The molecule has 1 unspecified atom stereocenters. The van der Waals surface area contributed by atoms with Crippen LogP contribution in [0.1, 0.15) is 17.2 Å². The molecule has 1 aliphatic rings. The average molecular weight is 227 g/mol. The van der Waals surface area contributed by atoms with Gasteiger partial charge in [0.2, 0.25) is 0 Å². The van der Waals surface area contributed by atoms with Crippen molar-refractivity contribution < 1.29 is 9.84 Å². The fourth-order valence-corrected chi connectivity index (χ4v) is 2.18. The Hall–Kier alpha value is -1.71. The molecule has 3 heteroatoms. The highest BCUT2D eigenvalue weighted by Crippen LogP contribution is 2.32. The Bertz CT molecular complexity index is 525. The lowest BCUT2D eigenvalue weighted by molar-refractivity contribution is 0.00981. The van der Waals surface area contributed by atoms with Crippen molar-refractivity contribution in [3.05, 3.63) is 53.9 Å². The second-order valence-corrected chi connectivity index (χ2v) is 4.15. The summed E-state index contributed by atoms with van der Waals surface area (Å²) in [7, 11) is 0. The van der Waals surface area contributed by atoms with Crippen LogP contribution >= 0.6 is 0 Å². The monoisotopic (exact) mass is 227 g/mol. The summed E-state index contributed by atoms with van der Waals surface area (Å²) in [4.78, 5) is 4.21.